The van der Waals surface area contributed by atoms with E-state index in [-0.39, 0.29) is 10.0 Å². The summed E-state index contributed by atoms with van der Waals surface area (Å²) in [5, 5.41) is 13.3. The molecule has 2 radical (unpaired) electrons. The third-order valence-electron chi connectivity index (χ3n) is 3.07. The molecule has 1 aromatic heterocycles. The zero-order valence-corrected chi connectivity index (χ0v) is 12.5. The van der Waals surface area contributed by atoms with Crippen molar-refractivity contribution >= 4 is 48.6 Å². The molecule has 7 nitrogen and oxygen atoms in total. The van der Waals surface area contributed by atoms with Crippen molar-refractivity contribution in [2.75, 3.05) is 0 Å². The maximum absolute atomic E-state index is 11.6. The van der Waals surface area contributed by atoms with Crippen molar-refractivity contribution in [1.29, 1.82) is 0 Å². The van der Waals surface area contributed by atoms with Crippen LogP contribution in [0.25, 0.3) is 0 Å². The molecule has 0 spiro atoms. The molecule has 1 saturated carbocycles. The van der Waals surface area contributed by atoms with Gasteiger partial charge in [-0.05, 0) is 13.3 Å². The normalized spacial score (nSPS) is 17.0. The minimum Gasteiger partial charge on any atom is -0.540 e. The molecule has 110 valence electrons. The van der Waals surface area contributed by atoms with E-state index in [4.69, 9.17) is 24.5 Å². The number of aryl methyl sites for hydroxylation is 1. The van der Waals surface area contributed by atoms with Gasteiger partial charge in [0, 0.05) is 12.8 Å². The Bertz CT molecular complexity index is 614. The van der Waals surface area contributed by atoms with Gasteiger partial charge in [0.2, 0.25) is 11.3 Å². The first-order valence-corrected chi connectivity index (χ1v) is 7.13. The van der Waals surface area contributed by atoms with Gasteiger partial charge in [0.25, 0.3) is 0 Å². The molecular formula is C11H10BClN2O5S. The monoisotopic (exact) mass is 328 g/mol. The van der Waals surface area contributed by atoms with Crippen LogP contribution < -0.4 is 0 Å². The maximum Gasteiger partial charge on any atom is 0.378 e. The van der Waals surface area contributed by atoms with Crippen molar-refractivity contribution < 1.29 is 24.2 Å². The number of nitrogens with zero attached hydrogens (tertiary/aromatic N) is 2. The van der Waals surface area contributed by atoms with Gasteiger partial charge in [0.15, 0.2) is 0 Å². The molecular weight excluding hydrogens is 318 g/mol. The summed E-state index contributed by atoms with van der Waals surface area (Å²) in [6.07, 6.45) is 1.43. The lowest BCUT2D eigenvalue weighted by molar-refractivity contribution is -0.175. The Hall–Kier alpha value is -1.61. The molecule has 0 atom stereocenters. The number of carbonyl (C=O) groups is 2. The molecule has 0 saturated heterocycles. The van der Waals surface area contributed by atoms with Crippen molar-refractivity contribution in [1.82, 2.24) is 4.98 Å². The Morgan fingerprint density at radius 2 is 2.19 bits per heavy atom. The topological polar surface area (TPSA) is 98.1 Å². The Balaban J connectivity index is 2.29. The molecule has 2 rings (SSSR count). The number of halogens is 1. The second kappa shape index (κ2) is 6.02. The van der Waals surface area contributed by atoms with Gasteiger partial charge in [-0.15, -0.1) is 11.3 Å². The number of hydrogen-bond donors (Lipinski definition) is 1. The first-order chi connectivity index (χ1) is 9.89. The van der Waals surface area contributed by atoms with E-state index in [1.165, 1.54) is 0 Å². The second-order valence-electron chi connectivity index (χ2n) is 4.44. The van der Waals surface area contributed by atoms with Gasteiger partial charge in [-0.3, -0.25) is 0 Å². The summed E-state index contributed by atoms with van der Waals surface area (Å²) in [7, 11) is 4.85. The third-order valence-corrected chi connectivity index (χ3v) is 4.24. The molecule has 10 heteroatoms. The predicted molar refractivity (Wildman–Crippen MR) is 75.5 cm³/mol. The minimum absolute atomic E-state index is 0.00209. The zero-order chi connectivity index (χ0) is 15.6. The first kappa shape index (κ1) is 15.8. The van der Waals surface area contributed by atoms with E-state index in [9.17, 15) is 14.7 Å². The van der Waals surface area contributed by atoms with Crippen molar-refractivity contribution in [3.05, 3.63) is 15.0 Å². The molecule has 1 aliphatic carbocycles. The number of hydrogen-bond acceptors (Lipinski definition) is 7. The van der Waals surface area contributed by atoms with Gasteiger partial charge in [0.05, 0.1) is 5.01 Å². The smallest absolute Gasteiger partial charge is 0.378 e. The van der Waals surface area contributed by atoms with Crippen molar-refractivity contribution in [2.45, 2.75) is 31.8 Å². The number of carboxylic acids is 1. The predicted octanol–water partition coefficient (Wildman–Crippen LogP) is 1.46. The highest BCUT2D eigenvalue weighted by Crippen LogP contribution is 2.37. The highest BCUT2D eigenvalue weighted by molar-refractivity contribution is 7.16. The summed E-state index contributed by atoms with van der Waals surface area (Å²) in [5.41, 5.74) is -1.80. The number of carboxylic acid groups (broad SMARTS) is 1. The number of rotatable bonds is 5. The third kappa shape index (κ3) is 3.03. The van der Waals surface area contributed by atoms with Crippen LogP contribution in [0.2, 0.25) is 4.34 Å². The number of carbonyl (C=O) groups excluding carboxylic acids is 1. The Morgan fingerprint density at radius 3 is 2.57 bits per heavy atom. The molecule has 1 N–H and O–H groups in total. The molecule has 0 aromatic carbocycles. The summed E-state index contributed by atoms with van der Waals surface area (Å²) in [6.45, 7) is 1.68. The number of thiazole rings is 1. The van der Waals surface area contributed by atoms with Crippen LogP contribution in [0.1, 0.15) is 30.0 Å². The lowest BCUT2D eigenvalue weighted by Gasteiger charge is -2.36. The van der Waals surface area contributed by atoms with Gasteiger partial charge >= 0.3 is 20.0 Å². The van der Waals surface area contributed by atoms with E-state index < -0.39 is 23.3 Å². The average Bonchev–Trinajstić information content (AvgIpc) is 2.70. The van der Waals surface area contributed by atoms with Gasteiger partial charge in [0.1, 0.15) is 10.0 Å². The van der Waals surface area contributed by atoms with E-state index in [1.54, 1.807) is 6.92 Å². The quantitative estimate of drug-likeness (QED) is 0.499. The highest BCUT2D eigenvalue weighted by atomic mass is 35.5. The summed E-state index contributed by atoms with van der Waals surface area (Å²) in [4.78, 5) is 32.0. The summed E-state index contributed by atoms with van der Waals surface area (Å²) >= 11 is 7.04. The lowest BCUT2D eigenvalue weighted by Crippen LogP contribution is -2.48. The number of aromatic nitrogens is 1. The molecule has 0 amide bonds. The molecule has 0 aliphatic heterocycles. The average molecular weight is 329 g/mol. The first-order valence-electron chi connectivity index (χ1n) is 5.93. The fraction of sp³-hybridized carbons (Fsp3) is 0.455. The summed E-state index contributed by atoms with van der Waals surface area (Å²) in [5.74, 6) is -2.15. The van der Waals surface area contributed by atoms with Gasteiger partial charge < -0.3 is 14.6 Å². The lowest BCUT2D eigenvalue weighted by atomic mass is 9.80. The summed E-state index contributed by atoms with van der Waals surface area (Å²) < 4.78 is 4.35. The van der Waals surface area contributed by atoms with Gasteiger partial charge in [-0.2, -0.15) is 0 Å². The van der Waals surface area contributed by atoms with Crippen LogP contribution in [-0.4, -0.2) is 41.4 Å². The van der Waals surface area contributed by atoms with Crippen molar-refractivity contribution in [3.63, 3.8) is 0 Å². The Kier molecular flexibility index (Phi) is 4.53. The van der Waals surface area contributed by atoms with E-state index >= 15 is 0 Å². The molecule has 1 heterocycles. The van der Waals surface area contributed by atoms with Crippen molar-refractivity contribution in [3.8, 4) is 0 Å². The van der Waals surface area contributed by atoms with Crippen LogP contribution in [-0.2, 0) is 19.1 Å². The molecule has 1 aromatic rings. The van der Waals surface area contributed by atoms with Crippen LogP contribution >= 0.6 is 22.9 Å². The van der Waals surface area contributed by atoms with Gasteiger partial charge in [-0.25, -0.2) is 14.6 Å². The Morgan fingerprint density at radius 1 is 1.52 bits per heavy atom. The SMILES string of the molecule is [B]OC(=O)C1(O/N=C(\C(=O)O)c2nc(C)sc2Cl)CCC1. The minimum atomic E-state index is -1.36. The van der Waals surface area contributed by atoms with E-state index in [0.29, 0.717) is 17.8 Å². The summed E-state index contributed by atoms with van der Waals surface area (Å²) in [6, 6.07) is 0. The fourth-order valence-electron chi connectivity index (χ4n) is 1.80. The van der Waals surface area contributed by atoms with Crippen LogP contribution in [0.5, 0.6) is 0 Å². The molecule has 21 heavy (non-hydrogen) atoms. The Labute approximate surface area is 130 Å². The molecule has 1 fully saturated rings. The zero-order valence-electron chi connectivity index (χ0n) is 11.0. The van der Waals surface area contributed by atoms with Crippen LogP contribution in [0.3, 0.4) is 0 Å². The van der Waals surface area contributed by atoms with E-state index in [1.807, 2.05) is 0 Å². The maximum atomic E-state index is 11.6. The second-order valence-corrected chi connectivity index (χ2v) is 6.25. The van der Waals surface area contributed by atoms with Crippen LogP contribution in [0, 0.1) is 6.92 Å². The fourth-order valence-corrected chi connectivity index (χ4v) is 2.90. The van der Waals surface area contributed by atoms with E-state index in [2.05, 4.69) is 14.8 Å². The van der Waals surface area contributed by atoms with E-state index in [0.717, 1.165) is 17.8 Å². The largest absolute Gasteiger partial charge is 0.540 e. The van der Waals surface area contributed by atoms with Crippen molar-refractivity contribution in [2.24, 2.45) is 5.16 Å². The van der Waals surface area contributed by atoms with Gasteiger partial charge in [-0.1, -0.05) is 16.8 Å². The molecule has 0 unspecified atom stereocenters. The number of aliphatic carboxylic acids is 1. The molecule has 1 aliphatic rings. The highest BCUT2D eigenvalue weighted by Gasteiger charge is 2.48. The standard InChI is InChI=1S/C11H10BClN2O5S/c1-5-14-6(8(13)21-5)7(9(16)17)15-20-11(3-2-4-11)10(18)19-12/h2-4H2,1H3,(H,16,17)/b15-7-. The number of oxime groups is 1. The molecule has 0 bridgehead atoms. The van der Waals surface area contributed by atoms with Crippen LogP contribution in [0.4, 0.5) is 0 Å². The van der Waals surface area contributed by atoms with Crippen LogP contribution in [0.15, 0.2) is 5.16 Å².